The van der Waals surface area contributed by atoms with Gasteiger partial charge in [-0.3, -0.25) is 9.59 Å². The lowest BCUT2D eigenvalue weighted by Gasteiger charge is -2.30. The Bertz CT molecular complexity index is 1490. The van der Waals surface area contributed by atoms with Gasteiger partial charge < -0.3 is 20.2 Å². The third kappa shape index (κ3) is 5.33. The molecule has 3 aromatic rings. The molecule has 2 heterocycles. The van der Waals surface area contributed by atoms with Gasteiger partial charge in [0, 0.05) is 47.8 Å². The monoisotopic (exact) mass is 508 g/mol. The van der Waals surface area contributed by atoms with Gasteiger partial charge in [0.05, 0.1) is 18.6 Å². The van der Waals surface area contributed by atoms with Gasteiger partial charge in [0.25, 0.3) is 11.8 Å². The predicted octanol–water partition coefficient (Wildman–Crippen LogP) is 3.42. The summed E-state index contributed by atoms with van der Waals surface area (Å²) >= 11 is 0. The summed E-state index contributed by atoms with van der Waals surface area (Å²) in [6.07, 6.45) is 3.90. The number of nitrogens with two attached hydrogens (primary N) is 1. The Hall–Kier alpha value is -4.59. The molecule has 4 rings (SSSR count). The summed E-state index contributed by atoms with van der Waals surface area (Å²) in [4.78, 5) is 32.3. The van der Waals surface area contributed by atoms with E-state index in [1.54, 1.807) is 42.1 Å². The van der Waals surface area contributed by atoms with Gasteiger partial charge in [0.1, 0.15) is 5.69 Å². The van der Waals surface area contributed by atoms with Crippen LogP contribution in [0.1, 0.15) is 50.8 Å². The summed E-state index contributed by atoms with van der Waals surface area (Å²) in [7, 11) is 1.60. The maximum atomic E-state index is 13.8. The maximum Gasteiger partial charge on any atom is 0.413 e. The standard InChI is InChI=1S/C26H23F3N6O2/c1-15-4-5-18(10-17(15)6-7-20-13-32-24(23(30)36)34(20)3)25(37)33-19-11-21(26(27,28)29)16(2)22(12-19)35-9-8-31-14-35/h4-5,8-14,16,22H,1-3H3,(H2,30,36)(H,33,37). The lowest BCUT2D eigenvalue weighted by Crippen LogP contribution is -2.31. The van der Waals surface area contributed by atoms with Crippen LogP contribution in [0.3, 0.4) is 0 Å². The molecule has 0 fully saturated rings. The van der Waals surface area contributed by atoms with E-state index in [0.717, 1.165) is 11.6 Å². The molecule has 0 saturated carbocycles. The van der Waals surface area contributed by atoms with E-state index in [4.69, 9.17) is 5.73 Å². The number of imidazole rings is 2. The second-order valence-electron chi connectivity index (χ2n) is 8.63. The molecular formula is C26H23F3N6O2. The molecule has 0 saturated heterocycles. The molecule has 2 aromatic heterocycles. The normalized spacial score (nSPS) is 17.4. The summed E-state index contributed by atoms with van der Waals surface area (Å²) in [6, 6.07) is 4.14. The van der Waals surface area contributed by atoms with Gasteiger partial charge in [-0.05, 0) is 42.7 Å². The van der Waals surface area contributed by atoms with Crippen molar-refractivity contribution in [1.29, 1.82) is 0 Å². The highest BCUT2D eigenvalue weighted by Crippen LogP contribution is 2.41. The molecule has 190 valence electrons. The number of carbonyl (C=O) groups excluding carboxylic acids is 2. The first-order chi connectivity index (χ1) is 17.5. The minimum Gasteiger partial charge on any atom is -0.363 e. The average molecular weight is 509 g/mol. The molecule has 2 unspecified atom stereocenters. The summed E-state index contributed by atoms with van der Waals surface area (Å²) in [5, 5.41) is 2.59. The van der Waals surface area contributed by atoms with Crippen molar-refractivity contribution >= 4 is 11.8 Å². The number of carbonyl (C=O) groups is 2. The second kappa shape index (κ2) is 9.81. The van der Waals surface area contributed by atoms with Crippen LogP contribution < -0.4 is 11.1 Å². The molecule has 0 radical (unpaired) electrons. The number of primary amides is 1. The van der Waals surface area contributed by atoms with E-state index in [9.17, 15) is 22.8 Å². The lowest BCUT2D eigenvalue weighted by molar-refractivity contribution is -0.100. The Morgan fingerprint density at radius 1 is 1.22 bits per heavy atom. The Labute approximate surface area is 210 Å². The van der Waals surface area contributed by atoms with Crippen LogP contribution in [-0.4, -0.2) is 37.1 Å². The quantitative estimate of drug-likeness (QED) is 0.527. The van der Waals surface area contributed by atoms with Crippen LogP contribution in [0.2, 0.25) is 0 Å². The minimum absolute atomic E-state index is 0.0381. The van der Waals surface area contributed by atoms with Crippen molar-refractivity contribution in [1.82, 2.24) is 24.4 Å². The number of hydrogen-bond donors (Lipinski definition) is 2. The molecule has 2 atom stereocenters. The fourth-order valence-corrected chi connectivity index (χ4v) is 4.05. The largest absolute Gasteiger partial charge is 0.413 e. The molecule has 3 N–H and O–H groups in total. The summed E-state index contributed by atoms with van der Waals surface area (Å²) in [6.45, 7) is 3.29. The predicted molar refractivity (Wildman–Crippen MR) is 129 cm³/mol. The summed E-state index contributed by atoms with van der Waals surface area (Å²) in [5.41, 5.74) is 6.55. The SMILES string of the molecule is Cc1ccc(C(=O)NC2=CC(n3ccnc3)C(C)C(C(F)(F)F)=C2)cc1C#Cc1cnc(C(N)=O)n1C. The number of amides is 2. The van der Waals surface area contributed by atoms with Crippen LogP contribution in [0.5, 0.6) is 0 Å². The first-order valence-corrected chi connectivity index (χ1v) is 11.2. The number of hydrogen-bond acceptors (Lipinski definition) is 4. The van der Waals surface area contributed by atoms with E-state index >= 15 is 0 Å². The molecule has 0 bridgehead atoms. The van der Waals surface area contributed by atoms with Crippen molar-refractivity contribution in [2.75, 3.05) is 0 Å². The summed E-state index contributed by atoms with van der Waals surface area (Å²) < 4.78 is 44.3. The first-order valence-electron chi connectivity index (χ1n) is 11.2. The number of aryl methyl sites for hydroxylation is 1. The van der Waals surface area contributed by atoms with Crippen LogP contribution >= 0.6 is 0 Å². The highest BCUT2D eigenvalue weighted by Gasteiger charge is 2.41. The van der Waals surface area contributed by atoms with Crippen molar-refractivity contribution in [3.05, 3.63) is 94.7 Å². The molecule has 8 nitrogen and oxygen atoms in total. The number of rotatable bonds is 4. The van der Waals surface area contributed by atoms with Gasteiger partial charge in [0.2, 0.25) is 0 Å². The third-order valence-electron chi connectivity index (χ3n) is 6.15. The van der Waals surface area contributed by atoms with Crippen molar-refractivity contribution in [2.45, 2.75) is 26.1 Å². The summed E-state index contributed by atoms with van der Waals surface area (Å²) in [5.74, 6) is 3.77. The second-order valence-corrected chi connectivity index (χ2v) is 8.63. The van der Waals surface area contributed by atoms with Gasteiger partial charge in [0.15, 0.2) is 5.82 Å². The maximum absolute atomic E-state index is 13.8. The molecule has 0 aliphatic heterocycles. The molecule has 1 aromatic carbocycles. The minimum atomic E-state index is -4.56. The van der Waals surface area contributed by atoms with Gasteiger partial charge in [-0.2, -0.15) is 13.2 Å². The van der Waals surface area contributed by atoms with Crippen molar-refractivity contribution in [3.63, 3.8) is 0 Å². The number of nitrogens with zero attached hydrogens (tertiary/aromatic N) is 4. The topological polar surface area (TPSA) is 108 Å². The van der Waals surface area contributed by atoms with E-state index in [2.05, 4.69) is 27.1 Å². The third-order valence-corrected chi connectivity index (χ3v) is 6.15. The Morgan fingerprint density at radius 3 is 2.59 bits per heavy atom. The van der Waals surface area contributed by atoms with E-state index in [-0.39, 0.29) is 17.1 Å². The Morgan fingerprint density at radius 2 is 1.97 bits per heavy atom. The number of alkyl halides is 3. The molecule has 1 aliphatic rings. The fourth-order valence-electron chi connectivity index (χ4n) is 4.05. The van der Waals surface area contributed by atoms with Crippen LogP contribution in [0, 0.1) is 24.7 Å². The number of benzene rings is 1. The smallest absolute Gasteiger partial charge is 0.363 e. The van der Waals surface area contributed by atoms with Crippen LogP contribution in [0.4, 0.5) is 13.2 Å². The molecule has 0 spiro atoms. The van der Waals surface area contributed by atoms with Crippen LogP contribution in [0.25, 0.3) is 0 Å². The molecule has 37 heavy (non-hydrogen) atoms. The van der Waals surface area contributed by atoms with E-state index in [0.29, 0.717) is 11.3 Å². The van der Waals surface area contributed by atoms with Gasteiger partial charge in [-0.1, -0.05) is 18.9 Å². The van der Waals surface area contributed by atoms with E-state index in [1.807, 2.05) is 6.92 Å². The Balaban J connectivity index is 1.62. The zero-order valence-corrected chi connectivity index (χ0v) is 20.2. The number of nitrogens with one attached hydrogen (secondary N) is 1. The fraction of sp³-hybridized carbons (Fsp3) is 0.231. The Kier molecular flexibility index (Phi) is 6.76. The van der Waals surface area contributed by atoms with Gasteiger partial charge in [-0.25, -0.2) is 9.97 Å². The number of halogens is 3. The van der Waals surface area contributed by atoms with E-state index in [1.165, 1.54) is 30.2 Å². The molecule has 2 amide bonds. The first kappa shape index (κ1) is 25.5. The van der Waals surface area contributed by atoms with Gasteiger partial charge >= 0.3 is 6.18 Å². The van der Waals surface area contributed by atoms with Crippen LogP contribution in [-0.2, 0) is 7.05 Å². The highest BCUT2D eigenvalue weighted by atomic mass is 19.4. The van der Waals surface area contributed by atoms with E-state index < -0.39 is 35.5 Å². The van der Waals surface area contributed by atoms with Crippen molar-refractivity contribution < 1.29 is 22.8 Å². The molecule has 1 aliphatic carbocycles. The number of aromatic nitrogens is 4. The zero-order chi connectivity index (χ0) is 26.9. The lowest BCUT2D eigenvalue weighted by atomic mass is 9.87. The number of allylic oxidation sites excluding steroid dienone is 3. The molecular weight excluding hydrogens is 485 g/mol. The van der Waals surface area contributed by atoms with Crippen LogP contribution in [0.15, 0.2) is 66.5 Å². The highest BCUT2D eigenvalue weighted by molar-refractivity contribution is 5.96. The average Bonchev–Trinajstić information content (AvgIpc) is 3.49. The van der Waals surface area contributed by atoms with Crippen molar-refractivity contribution in [3.8, 4) is 11.8 Å². The van der Waals surface area contributed by atoms with Gasteiger partial charge in [-0.15, -0.1) is 0 Å². The zero-order valence-electron chi connectivity index (χ0n) is 20.2. The van der Waals surface area contributed by atoms with Crippen molar-refractivity contribution in [2.24, 2.45) is 18.7 Å². The molecule has 11 heteroatoms.